The molecule has 0 saturated carbocycles. The molecule has 1 saturated heterocycles. The van der Waals surface area contributed by atoms with Crippen LogP contribution in [0.4, 0.5) is 5.00 Å². The number of carbonyl (C=O) groups is 1. The number of aryl methyl sites for hydroxylation is 1. The highest BCUT2D eigenvalue weighted by molar-refractivity contribution is 7.16. The third-order valence-electron chi connectivity index (χ3n) is 6.59. The average molecular weight is 480 g/mol. The number of amides is 1. The van der Waals surface area contributed by atoms with Crippen LogP contribution in [0.1, 0.15) is 38.0 Å². The number of methoxy groups -OCH3 is 2. The second-order valence-corrected chi connectivity index (χ2v) is 9.93. The number of rotatable bonds is 7. The minimum atomic E-state index is -0.0902. The summed E-state index contributed by atoms with van der Waals surface area (Å²) in [5.74, 6) is 1.32. The van der Waals surface area contributed by atoms with Gasteiger partial charge >= 0.3 is 0 Å². The predicted octanol–water partition coefficient (Wildman–Crippen LogP) is 4.97. The lowest BCUT2D eigenvalue weighted by atomic mass is 9.94. The van der Waals surface area contributed by atoms with Gasteiger partial charge in [-0.1, -0.05) is 24.3 Å². The van der Waals surface area contributed by atoms with Crippen LogP contribution in [-0.2, 0) is 0 Å². The van der Waals surface area contributed by atoms with E-state index in [0.29, 0.717) is 17.1 Å². The molecule has 1 N–H and O–H groups in total. The fraction of sp³-hybridized carbons (Fsp3) is 0.370. The van der Waals surface area contributed by atoms with Crippen molar-refractivity contribution in [3.05, 3.63) is 75.7 Å². The van der Waals surface area contributed by atoms with Crippen molar-refractivity contribution in [3.8, 4) is 11.5 Å². The zero-order chi connectivity index (χ0) is 24.2. The number of nitrogens with one attached hydrogen (secondary N) is 1. The van der Waals surface area contributed by atoms with Crippen molar-refractivity contribution in [1.82, 2.24) is 9.80 Å². The molecule has 1 aliphatic heterocycles. The quantitative estimate of drug-likeness (QED) is 0.519. The largest absolute Gasteiger partial charge is 0.493 e. The second-order valence-electron chi connectivity index (χ2n) is 8.70. The van der Waals surface area contributed by atoms with E-state index in [4.69, 9.17) is 9.47 Å². The van der Waals surface area contributed by atoms with Gasteiger partial charge in [-0.3, -0.25) is 9.69 Å². The van der Waals surface area contributed by atoms with Crippen LogP contribution < -0.4 is 14.8 Å². The topological polar surface area (TPSA) is 54.0 Å². The van der Waals surface area contributed by atoms with Crippen LogP contribution >= 0.6 is 11.3 Å². The summed E-state index contributed by atoms with van der Waals surface area (Å²) in [7, 11) is 5.48. The molecule has 0 radical (unpaired) electrons. The van der Waals surface area contributed by atoms with Gasteiger partial charge in [0.15, 0.2) is 11.5 Å². The lowest BCUT2D eigenvalue weighted by Crippen LogP contribution is -2.46. The molecule has 0 bridgehead atoms. The Labute approximate surface area is 206 Å². The van der Waals surface area contributed by atoms with Gasteiger partial charge in [-0.15, -0.1) is 11.3 Å². The van der Waals surface area contributed by atoms with Crippen LogP contribution in [0.15, 0.2) is 48.5 Å². The Morgan fingerprint density at radius 1 is 0.971 bits per heavy atom. The summed E-state index contributed by atoms with van der Waals surface area (Å²) in [5, 5.41) is 4.13. The number of nitrogens with zero attached hydrogens (tertiary/aromatic N) is 2. The number of hydrogen-bond donors (Lipinski definition) is 1. The molecule has 0 unspecified atom stereocenters. The Bertz CT molecular complexity index is 1140. The molecule has 3 aromatic rings. The van der Waals surface area contributed by atoms with Crippen molar-refractivity contribution in [2.45, 2.75) is 19.9 Å². The molecule has 1 aromatic heterocycles. The van der Waals surface area contributed by atoms with Gasteiger partial charge in [-0.25, -0.2) is 0 Å². The molecule has 7 heteroatoms. The van der Waals surface area contributed by atoms with Gasteiger partial charge in [0.2, 0.25) is 0 Å². The number of ether oxygens (including phenoxy) is 2. The number of carbonyl (C=O) groups excluding carboxylic acids is 1. The van der Waals surface area contributed by atoms with Crippen molar-refractivity contribution >= 4 is 22.2 Å². The predicted molar refractivity (Wildman–Crippen MR) is 139 cm³/mol. The van der Waals surface area contributed by atoms with Crippen LogP contribution in [0.3, 0.4) is 0 Å². The van der Waals surface area contributed by atoms with Crippen molar-refractivity contribution < 1.29 is 14.3 Å². The van der Waals surface area contributed by atoms with Gasteiger partial charge in [0.1, 0.15) is 5.00 Å². The Morgan fingerprint density at radius 3 is 2.29 bits per heavy atom. The summed E-state index contributed by atoms with van der Waals surface area (Å²) < 4.78 is 11.1. The molecule has 180 valence electrons. The SMILES string of the molecule is COc1ccc([C@@H](c2c(NC(=O)c3ccccc3)sc(C)c2C)N2CCN(C)CC2)cc1OC. The third-order valence-corrected chi connectivity index (χ3v) is 7.73. The van der Waals surface area contributed by atoms with E-state index in [-0.39, 0.29) is 11.9 Å². The molecule has 1 amide bonds. The van der Waals surface area contributed by atoms with Crippen molar-refractivity contribution in [1.29, 1.82) is 0 Å². The number of piperazine rings is 1. The maximum Gasteiger partial charge on any atom is 0.256 e. The normalized spacial score (nSPS) is 15.7. The van der Waals surface area contributed by atoms with Crippen molar-refractivity contribution in [2.24, 2.45) is 0 Å². The Morgan fingerprint density at radius 2 is 1.65 bits per heavy atom. The molecule has 0 spiro atoms. The van der Waals surface area contributed by atoms with Gasteiger partial charge in [-0.2, -0.15) is 0 Å². The van der Waals surface area contributed by atoms with E-state index in [2.05, 4.69) is 48.1 Å². The maximum absolute atomic E-state index is 13.1. The minimum Gasteiger partial charge on any atom is -0.493 e. The van der Waals surface area contributed by atoms with E-state index in [1.165, 1.54) is 10.4 Å². The van der Waals surface area contributed by atoms with Crippen LogP contribution in [0.5, 0.6) is 11.5 Å². The van der Waals surface area contributed by atoms with Gasteiger partial charge in [0.25, 0.3) is 5.91 Å². The van der Waals surface area contributed by atoms with Crippen LogP contribution in [0, 0.1) is 13.8 Å². The molecule has 6 nitrogen and oxygen atoms in total. The van der Waals surface area contributed by atoms with Crippen molar-refractivity contribution in [2.75, 3.05) is 52.8 Å². The Kier molecular flexibility index (Phi) is 7.56. The first-order valence-corrected chi connectivity index (χ1v) is 12.4. The zero-order valence-corrected chi connectivity index (χ0v) is 21.4. The first-order chi connectivity index (χ1) is 16.4. The van der Waals surface area contributed by atoms with E-state index in [1.807, 2.05) is 36.4 Å². The highest BCUT2D eigenvalue weighted by atomic mass is 32.1. The molecular formula is C27H33N3O3S. The number of hydrogen-bond acceptors (Lipinski definition) is 6. The molecule has 2 heterocycles. The van der Waals surface area contributed by atoms with Gasteiger partial charge in [-0.05, 0) is 56.3 Å². The monoisotopic (exact) mass is 479 g/mol. The van der Waals surface area contributed by atoms with Crippen LogP contribution in [0.25, 0.3) is 0 Å². The summed E-state index contributed by atoms with van der Waals surface area (Å²) in [6.07, 6.45) is 0. The van der Waals surface area contributed by atoms with Crippen molar-refractivity contribution in [3.63, 3.8) is 0 Å². The van der Waals surface area contributed by atoms with E-state index in [1.54, 1.807) is 25.6 Å². The van der Waals surface area contributed by atoms with Crippen LogP contribution in [-0.4, -0.2) is 63.2 Å². The first kappa shape index (κ1) is 24.3. The standard InChI is InChI=1S/C27H33N3O3S/c1-18-19(2)34-27(28-26(31)20-9-7-6-8-10-20)24(18)25(30-15-13-29(3)14-16-30)21-11-12-22(32-4)23(17-21)33-5/h6-12,17,25H,13-16H2,1-5H3,(H,28,31)/t25-/m0/s1. The molecule has 1 aliphatic rings. The molecule has 4 rings (SSSR count). The molecule has 1 fully saturated rings. The number of likely N-dealkylation sites (N-methyl/N-ethyl adjacent to an activating group) is 1. The maximum atomic E-state index is 13.1. The van der Waals surface area contributed by atoms with Gasteiger partial charge in [0, 0.05) is 42.2 Å². The minimum absolute atomic E-state index is 0.00969. The van der Waals surface area contributed by atoms with E-state index in [0.717, 1.165) is 42.3 Å². The number of anilines is 1. The summed E-state index contributed by atoms with van der Waals surface area (Å²) in [5.41, 5.74) is 4.15. The zero-order valence-electron chi connectivity index (χ0n) is 20.6. The summed E-state index contributed by atoms with van der Waals surface area (Å²) in [6, 6.07) is 15.5. The van der Waals surface area contributed by atoms with E-state index >= 15 is 0 Å². The molecule has 2 aromatic carbocycles. The van der Waals surface area contributed by atoms with Gasteiger partial charge < -0.3 is 19.7 Å². The molecule has 1 atom stereocenters. The highest BCUT2D eigenvalue weighted by Gasteiger charge is 2.31. The van der Waals surface area contributed by atoms with Gasteiger partial charge in [0.05, 0.1) is 20.3 Å². The molecule has 0 aliphatic carbocycles. The molecular weight excluding hydrogens is 446 g/mol. The second kappa shape index (κ2) is 10.6. The number of benzene rings is 2. The summed E-state index contributed by atoms with van der Waals surface area (Å²) in [4.78, 5) is 19.2. The number of thiophene rings is 1. The molecule has 34 heavy (non-hydrogen) atoms. The lowest BCUT2D eigenvalue weighted by molar-refractivity contribution is 0.102. The fourth-order valence-corrected chi connectivity index (χ4v) is 5.58. The third kappa shape index (κ3) is 4.97. The summed E-state index contributed by atoms with van der Waals surface area (Å²) >= 11 is 1.64. The van der Waals surface area contributed by atoms with E-state index in [9.17, 15) is 4.79 Å². The Hall–Kier alpha value is -2.87. The first-order valence-electron chi connectivity index (χ1n) is 11.5. The smallest absolute Gasteiger partial charge is 0.256 e. The average Bonchev–Trinajstić information content (AvgIpc) is 3.13. The summed E-state index contributed by atoms with van der Waals surface area (Å²) in [6.45, 7) is 8.15. The fourth-order valence-electron chi connectivity index (χ4n) is 4.49. The van der Waals surface area contributed by atoms with Crippen LogP contribution in [0.2, 0.25) is 0 Å². The lowest BCUT2D eigenvalue weighted by Gasteiger charge is -2.39. The Balaban J connectivity index is 1.79. The highest BCUT2D eigenvalue weighted by Crippen LogP contribution is 2.44. The van der Waals surface area contributed by atoms with E-state index < -0.39 is 0 Å².